The minimum absolute atomic E-state index is 0.0784. The summed E-state index contributed by atoms with van der Waals surface area (Å²) in [4.78, 5) is 0. The monoisotopic (exact) mass is 283 g/mol. The van der Waals surface area contributed by atoms with Crippen molar-refractivity contribution in [2.24, 2.45) is 5.73 Å². The Kier molecular flexibility index (Phi) is 5.16. The molecule has 0 aromatic heterocycles. The molecule has 112 valence electrons. The summed E-state index contributed by atoms with van der Waals surface area (Å²) in [7, 11) is 4.49. The van der Waals surface area contributed by atoms with E-state index in [2.05, 4.69) is 75.6 Å². The minimum Gasteiger partial charge on any atom is -0.323 e. The van der Waals surface area contributed by atoms with Gasteiger partial charge in [0, 0.05) is 5.56 Å². The average Bonchev–Trinajstić information content (AvgIpc) is 2.47. The smallest absolute Gasteiger partial charge is 0.104 e. The van der Waals surface area contributed by atoms with E-state index in [9.17, 15) is 0 Å². The van der Waals surface area contributed by atoms with Gasteiger partial charge < -0.3 is 10.2 Å². The molecule has 2 nitrogen and oxygen atoms in total. The van der Waals surface area contributed by atoms with Crippen LogP contribution < -0.4 is 5.73 Å². The van der Waals surface area contributed by atoms with Gasteiger partial charge in [-0.2, -0.15) is 0 Å². The Morgan fingerprint density at radius 3 is 2.10 bits per heavy atom. The second-order valence-corrected chi connectivity index (χ2v) is 6.46. The molecule has 0 heterocycles. The van der Waals surface area contributed by atoms with E-state index in [1.165, 1.54) is 16.7 Å². The standard InChI is InChI=1S/C19H27N2/c1-4-16-10-12-18(13-11-16)19(20)15-21(2,3)14-17-8-6-5-7-9-17/h5-13,19H,4,14-15,20H2,1-3H3/q+1. The molecule has 2 aromatic carbocycles. The summed E-state index contributed by atoms with van der Waals surface area (Å²) in [5, 5.41) is 0. The molecular weight excluding hydrogens is 256 g/mol. The third-order valence-corrected chi connectivity index (χ3v) is 3.96. The van der Waals surface area contributed by atoms with E-state index in [-0.39, 0.29) is 6.04 Å². The van der Waals surface area contributed by atoms with Crippen molar-refractivity contribution in [3.05, 3.63) is 71.3 Å². The van der Waals surface area contributed by atoms with E-state index in [4.69, 9.17) is 5.73 Å². The zero-order valence-corrected chi connectivity index (χ0v) is 13.4. The van der Waals surface area contributed by atoms with Crippen LogP contribution in [0.4, 0.5) is 0 Å². The lowest BCUT2D eigenvalue weighted by molar-refractivity contribution is -0.905. The van der Waals surface area contributed by atoms with Crippen molar-refractivity contribution in [2.45, 2.75) is 25.9 Å². The van der Waals surface area contributed by atoms with Crippen LogP contribution in [0.3, 0.4) is 0 Å². The van der Waals surface area contributed by atoms with Gasteiger partial charge in [-0.15, -0.1) is 0 Å². The van der Waals surface area contributed by atoms with Crippen LogP contribution in [-0.4, -0.2) is 25.1 Å². The lowest BCUT2D eigenvalue weighted by Gasteiger charge is -2.32. The van der Waals surface area contributed by atoms with Crippen molar-refractivity contribution in [3.8, 4) is 0 Å². The largest absolute Gasteiger partial charge is 0.323 e. The molecule has 1 unspecified atom stereocenters. The van der Waals surface area contributed by atoms with E-state index in [1.54, 1.807) is 0 Å². The summed E-state index contributed by atoms with van der Waals surface area (Å²) >= 11 is 0. The summed E-state index contributed by atoms with van der Waals surface area (Å²) < 4.78 is 0.890. The van der Waals surface area contributed by atoms with Crippen molar-refractivity contribution in [2.75, 3.05) is 20.6 Å². The Balaban J connectivity index is 2.01. The Labute approximate surface area is 128 Å². The molecule has 0 bridgehead atoms. The molecule has 0 spiro atoms. The number of nitrogens with zero attached hydrogens (tertiary/aromatic N) is 1. The Hall–Kier alpha value is -1.64. The van der Waals surface area contributed by atoms with E-state index < -0.39 is 0 Å². The number of nitrogens with two attached hydrogens (primary N) is 1. The lowest BCUT2D eigenvalue weighted by atomic mass is 10.0. The summed E-state index contributed by atoms with van der Waals surface area (Å²) in [6.45, 7) is 4.11. The Bertz CT molecular complexity index is 544. The Morgan fingerprint density at radius 2 is 1.52 bits per heavy atom. The molecule has 0 fully saturated rings. The fourth-order valence-electron chi connectivity index (χ4n) is 2.78. The van der Waals surface area contributed by atoms with Crippen molar-refractivity contribution in [1.82, 2.24) is 0 Å². The third-order valence-electron chi connectivity index (χ3n) is 3.96. The van der Waals surface area contributed by atoms with Gasteiger partial charge in [-0.25, -0.2) is 0 Å². The fraction of sp³-hybridized carbons (Fsp3) is 0.368. The van der Waals surface area contributed by atoms with Crippen LogP contribution in [0.5, 0.6) is 0 Å². The number of aryl methyl sites for hydroxylation is 1. The first-order valence-electron chi connectivity index (χ1n) is 7.70. The first kappa shape index (κ1) is 15.7. The number of likely N-dealkylation sites (N-methyl/N-ethyl adjacent to an activating group) is 1. The van der Waals surface area contributed by atoms with Crippen LogP contribution >= 0.6 is 0 Å². The number of hydrogen-bond donors (Lipinski definition) is 1. The normalized spacial score (nSPS) is 13.1. The average molecular weight is 283 g/mol. The van der Waals surface area contributed by atoms with Gasteiger partial charge in [0.15, 0.2) is 0 Å². The SMILES string of the molecule is CCc1ccc(C(N)C[N+](C)(C)Cc2ccccc2)cc1. The molecular formula is C19H27N2+. The maximum atomic E-state index is 6.41. The fourth-order valence-corrected chi connectivity index (χ4v) is 2.78. The van der Waals surface area contributed by atoms with Gasteiger partial charge in [0.05, 0.1) is 26.7 Å². The van der Waals surface area contributed by atoms with Gasteiger partial charge in [-0.1, -0.05) is 61.5 Å². The van der Waals surface area contributed by atoms with E-state index in [0.29, 0.717) is 0 Å². The molecule has 0 aliphatic carbocycles. The molecule has 21 heavy (non-hydrogen) atoms. The molecule has 2 aromatic rings. The quantitative estimate of drug-likeness (QED) is 0.806. The van der Waals surface area contributed by atoms with E-state index >= 15 is 0 Å². The first-order chi connectivity index (χ1) is 10.00. The van der Waals surface area contributed by atoms with Gasteiger partial charge in [-0.05, 0) is 17.5 Å². The highest BCUT2D eigenvalue weighted by Crippen LogP contribution is 2.18. The minimum atomic E-state index is 0.0784. The number of rotatable bonds is 6. The molecule has 1 atom stereocenters. The first-order valence-corrected chi connectivity index (χ1v) is 7.70. The van der Waals surface area contributed by atoms with Crippen molar-refractivity contribution in [1.29, 1.82) is 0 Å². The molecule has 2 heteroatoms. The van der Waals surface area contributed by atoms with Crippen LogP contribution in [0, 0.1) is 0 Å². The van der Waals surface area contributed by atoms with Crippen LogP contribution in [0.2, 0.25) is 0 Å². The summed E-state index contributed by atoms with van der Waals surface area (Å²) in [6.07, 6.45) is 1.07. The number of benzene rings is 2. The molecule has 2 N–H and O–H groups in total. The molecule has 0 aliphatic heterocycles. The molecule has 0 saturated carbocycles. The van der Waals surface area contributed by atoms with Crippen LogP contribution in [0.1, 0.15) is 29.7 Å². The van der Waals surface area contributed by atoms with Gasteiger partial charge in [0.2, 0.25) is 0 Å². The van der Waals surface area contributed by atoms with Gasteiger partial charge in [-0.3, -0.25) is 0 Å². The second-order valence-electron chi connectivity index (χ2n) is 6.46. The Morgan fingerprint density at radius 1 is 0.905 bits per heavy atom. The van der Waals surface area contributed by atoms with Crippen LogP contribution in [0.25, 0.3) is 0 Å². The molecule has 0 saturated heterocycles. The zero-order valence-electron chi connectivity index (χ0n) is 13.4. The van der Waals surface area contributed by atoms with Crippen molar-refractivity contribution < 1.29 is 4.48 Å². The van der Waals surface area contributed by atoms with Gasteiger partial charge >= 0.3 is 0 Å². The number of quaternary nitrogens is 1. The van der Waals surface area contributed by atoms with Crippen LogP contribution in [0.15, 0.2) is 54.6 Å². The van der Waals surface area contributed by atoms with E-state index in [0.717, 1.165) is 24.0 Å². The topological polar surface area (TPSA) is 26.0 Å². The highest BCUT2D eigenvalue weighted by Gasteiger charge is 2.21. The molecule has 0 amide bonds. The van der Waals surface area contributed by atoms with E-state index in [1.807, 2.05) is 0 Å². The second kappa shape index (κ2) is 6.88. The predicted octanol–water partition coefficient (Wildman–Crippen LogP) is 3.53. The lowest BCUT2D eigenvalue weighted by Crippen LogP contribution is -2.44. The van der Waals surface area contributed by atoms with Gasteiger partial charge in [0.25, 0.3) is 0 Å². The van der Waals surface area contributed by atoms with Crippen LogP contribution in [-0.2, 0) is 13.0 Å². The summed E-state index contributed by atoms with van der Waals surface area (Å²) in [6, 6.07) is 19.4. The number of hydrogen-bond acceptors (Lipinski definition) is 1. The predicted molar refractivity (Wildman–Crippen MR) is 89.9 cm³/mol. The maximum absolute atomic E-state index is 6.41. The summed E-state index contributed by atoms with van der Waals surface area (Å²) in [5.41, 5.74) is 10.4. The third kappa shape index (κ3) is 4.69. The highest BCUT2D eigenvalue weighted by atomic mass is 15.3. The maximum Gasteiger partial charge on any atom is 0.104 e. The van der Waals surface area contributed by atoms with Crippen molar-refractivity contribution >= 4 is 0 Å². The zero-order chi connectivity index (χ0) is 15.3. The van der Waals surface area contributed by atoms with Crippen molar-refractivity contribution in [3.63, 3.8) is 0 Å². The molecule has 2 rings (SSSR count). The highest BCUT2D eigenvalue weighted by molar-refractivity contribution is 5.24. The molecule has 0 radical (unpaired) electrons. The van der Waals surface area contributed by atoms with Gasteiger partial charge in [0.1, 0.15) is 6.54 Å². The molecule has 0 aliphatic rings. The summed E-state index contributed by atoms with van der Waals surface area (Å²) in [5.74, 6) is 0.